The van der Waals surface area contributed by atoms with Crippen molar-refractivity contribution in [2.24, 2.45) is 5.73 Å². The second kappa shape index (κ2) is 4.85. The molecule has 0 spiro atoms. The van der Waals surface area contributed by atoms with E-state index >= 15 is 0 Å². The fourth-order valence-corrected chi connectivity index (χ4v) is 2.68. The molecular formula is C11H16N4OS. The van der Waals surface area contributed by atoms with Gasteiger partial charge in [0.2, 0.25) is 5.95 Å². The normalized spacial score (nSPS) is 11.0. The van der Waals surface area contributed by atoms with Crippen LogP contribution in [0, 0.1) is 13.8 Å². The van der Waals surface area contributed by atoms with Gasteiger partial charge in [-0.25, -0.2) is 4.98 Å². The molecule has 0 radical (unpaired) electrons. The summed E-state index contributed by atoms with van der Waals surface area (Å²) in [7, 11) is 0. The van der Waals surface area contributed by atoms with Gasteiger partial charge in [-0.3, -0.25) is 9.78 Å². The standard InChI is InChI=1S/C11H16N4OS/c1-6-7(2)17-10-8(6)9(16)14-11(15-10)13-5-3-4-12/h3-5,12H2,1-2H3,(H2,13,14,15,16). The molecule has 0 saturated heterocycles. The van der Waals surface area contributed by atoms with Gasteiger partial charge in [-0.05, 0) is 32.4 Å². The lowest BCUT2D eigenvalue weighted by atomic mass is 10.2. The number of rotatable bonds is 4. The Bertz CT molecular complexity index is 587. The quantitative estimate of drug-likeness (QED) is 0.717. The van der Waals surface area contributed by atoms with Crippen LogP contribution in [0.25, 0.3) is 10.2 Å². The summed E-state index contributed by atoms with van der Waals surface area (Å²) in [5.74, 6) is 0.525. The van der Waals surface area contributed by atoms with E-state index in [1.165, 1.54) is 0 Å². The van der Waals surface area contributed by atoms with Crippen LogP contribution in [-0.2, 0) is 0 Å². The fraction of sp³-hybridized carbons (Fsp3) is 0.455. The van der Waals surface area contributed by atoms with E-state index in [0.29, 0.717) is 24.4 Å². The van der Waals surface area contributed by atoms with Crippen molar-refractivity contribution < 1.29 is 0 Å². The Hall–Kier alpha value is -1.40. The van der Waals surface area contributed by atoms with Crippen LogP contribution in [0.3, 0.4) is 0 Å². The zero-order valence-electron chi connectivity index (χ0n) is 9.96. The van der Waals surface area contributed by atoms with Crippen LogP contribution in [0.15, 0.2) is 4.79 Å². The number of anilines is 1. The Kier molecular flexibility index (Phi) is 3.44. The molecule has 2 heterocycles. The molecule has 0 saturated carbocycles. The van der Waals surface area contributed by atoms with Crippen molar-refractivity contribution >= 4 is 27.5 Å². The first kappa shape index (κ1) is 12.1. The SMILES string of the molecule is Cc1sc2nc(NCCCN)[nH]c(=O)c2c1C. The lowest BCUT2D eigenvalue weighted by Crippen LogP contribution is -2.15. The molecule has 5 nitrogen and oxygen atoms in total. The van der Waals surface area contributed by atoms with Crippen LogP contribution in [0.5, 0.6) is 0 Å². The average Bonchev–Trinajstić information content (AvgIpc) is 2.55. The molecule has 2 aromatic rings. The van der Waals surface area contributed by atoms with Gasteiger partial charge in [0.15, 0.2) is 0 Å². The molecular weight excluding hydrogens is 236 g/mol. The highest BCUT2D eigenvalue weighted by atomic mass is 32.1. The van der Waals surface area contributed by atoms with E-state index < -0.39 is 0 Å². The van der Waals surface area contributed by atoms with E-state index in [9.17, 15) is 4.79 Å². The second-order valence-electron chi connectivity index (χ2n) is 3.95. The minimum absolute atomic E-state index is 0.0768. The summed E-state index contributed by atoms with van der Waals surface area (Å²) in [6, 6.07) is 0. The summed E-state index contributed by atoms with van der Waals surface area (Å²) in [6.45, 7) is 5.29. The average molecular weight is 252 g/mol. The number of nitrogens with two attached hydrogens (primary N) is 1. The summed E-state index contributed by atoms with van der Waals surface area (Å²) in [4.78, 5) is 21.0. The highest BCUT2D eigenvalue weighted by Gasteiger charge is 2.11. The third-order valence-corrected chi connectivity index (χ3v) is 3.81. The number of thiophene rings is 1. The Labute approximate surface area is 103 Å². The molecule has 92 valence electrons. The van der Waals surface area contributed by atoms with Crippen molar-refractivity contribution in [1.29, 1.82) is 0 Å². The Morgan fingerprint density at radius 2 is 2.24 bits per heavy atom. The van der Waals surface area contributed by atoms with Crippen LogP contribution in [0.1, 0.15) is 16.9 Å². The molecule has 4 N–H and O–H groups in total. The number of hydrogen-bond donors (Lipinski definition) is 3. The fourth-order valence-electron chi connectivity index (χ4n) is 1.65. The summed E-state index contributed by atoms with van der Waals surface area (Å²) in [5, 5.41) is 3.77. The van der Waals surface area contributed by atoms with E-state index in [2.05, 4.69) is 15.3 Å². The Balaban J connectivity index is 2.39. The lowest BCUT2D eigenvalue weighted by Gasteiger charge is -2.03. The Morgan fingerprint density at radius 3 is 2.94 bits per heavy atom. The van der Waals surface area contributed by atoms with Gasteiger partial charge >= 0.3 is 0 Å². The van der Waals surface area contributed by atoms with Crippen LogP contribution in [0.2, 0.25) is 0 Å². The predicted octanol–water partition coefficient (Wildman–Crippen LogP) is 1.36. The smallest absolute Gasteiger partial charge is 0.261 e. The molecule has 0 aliphatic carbocycles. The third-order valence-electron chi connectivity index (χ3n) is 2.71. The zero-order valence-corrected chi connectivity index (χ0v) is 10.8. The number of aromatic nitrogens is 2. The van der Waals surface area contributed by atoms with E-state index in [0.717, 1.165) is 21.7 Å². The molecule has 0 aromatic carbocycles. The van der Waals surface area contributed by atoms with E-state index in [-0.39, 0.29) is 5.56 Å². The number of aromatic amines is 1. The van der Waals surface area contributed by atoms with Crippen LogP contribution in [0.4, 0.5) is 5.95 Å². The van der Waals surface area contributed by atoms with Gasteiger partial charge in [0.1, 0.15) is 4.83 Å². The predicted molar refractivity (Wildman–Crippen MR) is 71.9 cm³/mol. The first-order valence-corrected chi connectivity index (χ1v) is 6.39. The zero-order chi connectivity index (χ0) is 12.4. The molecule has 17 heavy (non-hydrogen) atoms. The van der Waals surface area contributed by atoms with Crippen LogP contribution >= 0.6 is 11.3 Å². The molecule has 0 aliphatic rings. The molecule has 2 rings (SSSR count). The van der Waals surface area contributed by atoms with Crippen molar-refractivity contribution in [3.05, 3.63) is 20.8 Å². The number of aryl methyl sites for hydroxylation is 2. The molecule has 0 amide bonds. The molecule has 0 aliphatic heterocycles. The monoisotopic (exact) mass is 252 g/mol. The van der Waals surface area contributed by atoms with Gasteiger partial charge in [-0.2, -0.15) is 0 Å². The first-order valence-electron chi connectivity index (χ1n) is 5.57. The molecule has 2 aromatic heterocycles. The molecule has 0 bridgehead atoms. The molecule has 0 atom stereocenters. The summed E-state index contributed by atoms with van der Waals surface area (Å²) in [6.07, 6.45) is 0.851. The Morgan fingerprint density at radius 1 is 1.47 bits per heavy atom. The molecule has 6 heteroatoms. The summed E-state index contributed by atoms with van der Waals surface area (Å²) < 4.78 is 0. The van der Waals surface area contributed by atoms with Crippen molar-refractivity contribution in [2.45, 2.75) is 20.3 Å². The number of nitrogens with one attached hydrogen (secondary N) is 2. The van der Waals surface area contributed by atoms with Crippen molar-refractivity contribution in [2.75, 3.05) is 18.4 Å². The largest absolute Gasteiger partial charge is 0.356 e. The van der Waals surface area contributed by atoms with Crippen molar-refractivity contribution in [3.8, 4) is 0 Å². The van der Waals surface area contributed by atoms with Gasteiger partial charge in [0.25, 0.3) is 5.56 Å². The van der Waals surface area contributed by atoms with Gasteiger partial charge in [0.05, 0.1) is 5.39 Å². The first-order chi connectivity index (χ1) is 8.13. The maximum Gasteiger partial charge on any atom is 0.261 e. The second-order valence-corrected chi connectivity index (χ2v) is 5.15. The van der Waals surface area contributed by atoms with Gasteiger partial charge < -0.3 is 11.1 Å². The van der Waals surface area contributed by atoms with E-state index in [1.54, 1.807) is 11.3 Å². The van der Waals surface area contributed by atoms with E-state index in [1.807, 2.05) is 13.8 Å². The lowest BCUT2D eigenvalue weighted by molar-refractivity contribution is 0.864. The minimum atomic E-state index is -0.0768. The van der Waals surface area contributed by atoms with Crippen molar-refractivity contribution in [1.82, 2.24) is 9.97 Å². The van der Waals surface area contributed by atoms with Crippen LogP contribution < -0.4 is 16.6 Å². The maximum atomic E-state index is 11.9. The topological polar surface area (TPSA) is 83.8 Å². The summed E-state index contributed by atoms with van der Waals surface area (Å²) >= 11 is 1.55. The van der Waals surface area contributed by atoms with Gasteiger partial charge in [0, 0.05) is 11.4 Å². The minimum Gasteiger partial charge on any atom is -0.356 e. The number of fused-ring (bicyclic) bond motifs is 1. The molecule has 0 fully saturated rings. The van der Waals surface area contributed by atoms with Gasteiger partial charge in [-0.1, -0.05) is 0 Å². The maximum absolute atomic E-state index is 11.9. The molecule has 0 unspecified atom stereocenters. The highest BCUT2D eigenvalue weighted by Crippen LogP contribution is 2.26. The van der Waals surface area contributed by atoms with E-state index in [4.69, 9.17) is 5.73 Å². The number of H-pyrrole nitrogens is 1. The third kappa shape index (κ3) is 2.32. The number of nitrogens with zero attached hydrogens (tertiary/aromatic N) is 1. The number of hydrogen-bond acceptors (Lipinski definition) is 5. The summed E-state index contributed by atoms with van der Waals surface area (Å²) in [5.41, 5.74) is 6.35. The van der Waals surface area contributed by atoms with Crippen LogP contribution in [-0.4, -0.2) is 23.1 Å². The highest BCUT2D eigenvalue weighted by molar-refractivity contribution is 7.18. The van der Waals surface area contributed by atoms with Gasteiger partial charge in [-0.15, -0.1) is 11.3 Å². The van der Waals surface area contributed by atoms with Crippen molar-refractivity contribution in [3.63, 3.8) is 0 Å².